The predicted octanol–water partition coefficient (Wildman–Crippen LogP) is 1.64. The van der Waals surface area contributed by atoms with E-state index in [4.69, 9.17) is 9.47 Å². The molecule has 2 N–H and O–H groups in total. The lowest BCUT2D eigenvalue weighted by Crippen LogP contribution is -2.50. The number of hydrogen-bond donors (Lipinski definition) is 2. The van der Waals surface area contributed by atoms with Crippen LogP contribution in [0.15, 0.2) is 54.6 Å². The Hall–Kier alpha value is -3.02. The molecule has 1 unspecified atom stereocenters. The van der Waals surface area contributed by atoms with Crippen molar-refractivity contribution >= 4 is 11.9 Å². The van der Waals surface area contributed by atoms with Crippen LogP contribution in [0, 0.1) is 0 Å². The molecule has 1 aliphatic rings. The van der Waals surface area contributed by atoms with Crippen LogP contribution >= 0.6 is 0 Å². The highest BCUT2D eigenvalue weighted by atomic mass is 16.6. The molecule has 0 aliphatic carbocycles. The van der Waals surface area contributed by atoms with Gasteiger partial charge in [-0.25, -0.2) is 4.79 Å². The molecule has 2 aromatic rings. The van der Waals surface area contributed by atoms with Gasteiger partial charge in [-0.05, 0) is 17.7 Å². The largest absolute Gasteiger partial charge is 0.485 e. The molecule has 0 fully saturated rings. The molecule has 1 heterocycles. The van der Waals surface area contributed by atoms with E-state index in [0.29, 0.717) is 11.5 Å². The number of aliphatic carboxylic acids is 1. The summed E-state index contributed by atoms with van der Waals surface area (Å²) < 4.78 is 11.1. The van der Waals surface area contributed by atoms with Gasteiger partial charge in [-0.2, -0.15) is 0 Å². The molecule has 6 heteroatoms. The number of carbonyl (C=O) groups excluding carboxylic acids is 1. The molecular weight excluding hydrogens is 310 g/mol. The molecule has 0 saturated carbocycles. The Morgan fingerprint density at radius 2 is 1.75 bits per heavy atom. The van der Waals surface area contributed by atoms with Crippen LogP contribution < -0.4 is 14.8 Å². The van der Waals surface area contributed by atoms with Gasteiger partial charge in [-0.3, -0.25) is 4.79 Å². The first-order valence-corrected chi connectivity index (χ1v) is 7.59. The summed E-state index contributed by atoms with van der Waals surface area (Å²) in [7, 11) is 0. The van der Waals surface area contributed by atoms with Crippen molar-refractivity contribution in [3.63, 3.8) is 0 Å². The molecule has 0 saturated heterocycles. The van der Waals surface area contributed by atoms with Crippen LogP contribution in [0.25, 0.3) is 0 Å². The standard InChI is InChI=1S/C18H17NO5/c20-17(16-11-23-14-8-4-5-9-15(14)24-16)19-13(18(21)22)10-12-6-2-1-3-7-12/h1-9,13,16H,10-11H2,(H,19,20)(H,21,22)/t13-,16?/m0/s1. The third-order valence-electron chi connectivity index (χ3n) is 3.70. The molecule has 1 aliphatic heterocycles. The highest BCUT2D eigenvalue weighted by Gasteiger charge is 2.30. The maximum Gasteiger partial charge on any atom is 0.326 e. The first-order chi connectivity index (χ1) is 11.6. The maximum absolute atomic E-state index is 12.3. The van der Waals surface area contributed by atoms with Gasteiger partial charge in [0.05, 0.1) is 0 Å². The molecule has 2 atom stereocenters. The first kappa shape index (κ1) is 15.9. The van der Waals surface area contributed by atoms with Gasteiger partial charge >= 0.3 is 5.97 Å². The Morgan fingerprint density at radius 1 is 1.08 bits per heavy atom. The van der Waals surface area contributed by atoms with Crippen LogP contribution in [-0.4, -0.2) is 35.7 Å². The molecule has 0 bridgehead atoms. The normalized spacial score (nSPS) is 16.9. The fourth-order valence-electron chi connectivity index (χ4n) is 2.46. The lowest BCUT2D eigenvalue weighted by molar-refractivity contribution is -0.143. The average Bonchev–Trinajstić information content (AvgIpc) is 2.61. The van der Waals surface area contributed by atoms with Gasteiger partial charge in [0.2, 0.25) is 6.10 Å². The number of ether oxygens (including phenoxy) is 2. The lowest BCUT2D eigenvalue weighted by atomic mass is 10.1. The number of para-hydroxylation sites is 2. The number of carbonyl (C=O) groups is 2. The number of fused-ring (bicyclic) bond motifs is 1. The summed E-state index contributed by atoms with van der Waals surface area (Å²) in [5.41, 5.74) is 0.830. The fourth-order valence-corrected chi connectivity index (χ4v) is 2.46. The molecular formula is C18H17NO5. The summed E-state index contributed by atoms with van der Waals surface area (Å²) in [4.78, 5) is 23.8. The van der Waals surface area contributed by atoms with Gasteiger partial charge in [0.15, 0.2) is 11.5 Å². The van der Waals surface area contributed by atoms with Gasteiger partial charge in [0, 0.05) is 6.42 Å². The molecule has 1 amide bonds. The molecule has 3 rings (SSSR count). The van der Waals surface area contributed by atoms with E-state index >= 15 is 0 Å². The lowest BCUT2D eigenvalue weighted by Gasteiger charge is -2.26. The van der Waals surface area contributed by atoms with E-state index in [1.165, 1.54) is 0 Å². The second-order valence-corrected chi connectivity index (χ2v) is 5.45. The van der Waals surface area contributed by atoms with Gasteiger partial charge in [0.25, 0.3) is 5.91 Å². The summed E-state index contributed by atoms with van der Waals surface area (Å²) in [5, 5.41) is 11.9. The quantitative estimate of drug-likeness (QED) is 0.872. The zero-order chi connectivity index (χ0) is 16.9. The Bertz CT molecular complexity index is 731. The molecule has 0 aromatic heterocycles. The SMILES string of the molecule is O=C(N[C@@H](Cc1ccccc1)C(=O)O)C1COc2ccccc2O1. The van der Waals surface area contributed by atoms with Crippen molar-refractivity contribution in [3.8, 4) is 11.5 Å². The molecule has 24 heavy (non-hydrogen) atoms. The predicted molar refractivity (Wildman–Crippen MR) is 86.1 cm³/mol. The second kappa shape index (κ2) is 7.04. The number of benzene rings is 2. The van der Waals surface area contributed by atoms with Gasteiger partial charge in [-0.1, -0.05) is 42.5 Å². The minimum Gasteiger partial charge on any atom is -0.485 e. The Morgan fingerprint density at radius 3 is 2.46 bits per heavy atom. The zero-order valence-electron chi connectivity index (χ0n) is 12.8. The minimum atomic E-state index is -1.09. The fraction of sp³-hybridized carbons (Fsp3) is 0.222. The Kier molecular flexibility index (Phi) is 4.65. The van der Waals surface area contributed by atoms with Gasteiger partial charge in [0.1, 0.15) is 12.6 Å². The number of carboxylic acid groups (broad SMARTS) is 1. The first-order valence-electron chi connectivity index (χ1n) is 7.59. The van der Waals surface area contributed by atoms with Crippen molar-refractivity contribution in [2.75, 3.05) is 6.61 Å². The maximum atomic E-state index is 12.3. The van der Waals surface area contributed by atoms with Gasteiger partial charge in [-0.15, -0.1) is 0 Å². The summed E-state index contributed by atoms with van der Waals surface area (Å²) in [6.07, 6.45) is -0.677. The molecule has 0 spiro atoms. The summed E-state index contributed by atoms with van der Waals surface area (Å²) >= 11 is 0. The molecule has 6 nitrogen and oxygen atoms in total. The van der Waals surface area contributed by atoms with Crippen molar-refractivity contribution in [1.82, 2.24) is 5.32 Å². The highest BCUT2D eigenvalue weighted by molar-refractivity contribution is 5.87. The van der Waals surface area contributed by atoms with E-state index in [2.05, 4.69) is 5.32 Å². The van der Waals surface area contributed by atoms with Crippen LogP contribution in [0.2, 0.25) is 0 Å². The van der Waals surface area contributed by atoms with E-state index in [1.807, 2.05) is 36.4 Å². The van der Waals surface area contributed by atoms with E-state index < -0.39 is 24.0 Å². The Balaban J connectivity index is 1.65. The Labute approximate surface area is 139 Å². The van der Waals surface area contributed by atoms with Crippen molar-refractivity contribution in [2.24, 2.45) is 0 Å². The smallest absolute Gasteiger partial charge is 0.326 e. The summed E-state index contributed by atoms with van der Waals surface area (Å²) in [5.74, 6) is -0.559. The van der Waals surface area contributed by atoms with E-state index in [1.54, 1.807) is 18.2 Å². The van der Waals surface area contributed by atoms with E-state index in [-0.39, 0.29) is 13.0 Å². The molecule has 2 aromatic carbocycles. The highest BCUT2D eigenvalue weighted by Crippen LogP contribution is 2.30. The third-order valence-corrected chi connectivity index (χ3v) is 3.70. The molecule has 0 radical (unpaired) electrons. The summed E-state index contributed by atoms with van der Waals surface area (Å²) in [6, 6.07) is 15.1. The van der Waals surface area contributed by atoms with Crippen molar-refractivity contribution in [2.45, 2.75) is 18.6 Å². The average molecular weight is 327 g/mol. The monoisotopic (exact) mass is 327 g/mol. The third kappa shape index (κ3) is 3.65. The van der Waals surface area contributed by atoms with Crippen LogP contribution in [0.5, 0.6) is 11.5 Å². The van der Waals surface area contributed by atoms with Crippen LogP contribution in [0.4, 0.5) is 0 Å². The number of carboxylic acids is 1. The summed E-state index contributed by atoms with van der Waals surface area (Å²) in [6.45, 7) is 0.0422. The number of amides is 1. The number of nitrogens with one attached hydrogen (secondary N) is 1. The topological polar surface area (TPSA) is 84.9 Å². The van der Waals surface area contributed by atoms with Crippen molar-refractivity contribution < 1.29 is 24.2 Å². The van der Waals surface area contributed by atoms with Crippen molar-refractivity contribution in [1.29, 1.82) is 0 Å². The second-order valence-electron chi connectivity index (χ2n) is 5.45. The number of rotatable bonds is 5. The minimum absolute atomic E-state index is 0.0422. The molecule has 124 valence electrons. The van der Waals surface area contributed by atoms with E-state index in [0.717, 1.165) is 5.56 Å². The van der Waals surface area contributed by atoms with Gasteiger partial charge < -0.3 is 19.9 Å². The van der Waals surface area contributed by atoms with Crippen LogP contribution in [0.1, 0.15) is 5.56 Å². The number of hydrogen-bond acceptors (Lipinski definition) is 4. The van der Waals surface area contributed by atoms with Crippen molar-refractivity contribution in [3.05, 3.63) is 60.2 Å². The van der Waals surface area contributed by atoms with Crippen LogP contribution in [0.3, 0.4) is 0 Å². The zero-order valence-corrected chi connectivity index (χ0v) is 12.8. The van der Waals surface area contributed by atoms with Crippen LogP contribution in [-0.2, 0) is 16.0 Å². The van der Waals surface area contributed by atoms with E-state index in [9.17, 15) is 14.7 Å².